The Labute approximate surface area is 116 Å². The maximum Gasteiger partial charge on any atom is 0.252 e. The van der Waals surface area contributed by atoms with E-state index in [1.807, 2.05) is 6.07 Å². The quantitative estimate of drug-likeness (QED) is 0.861. The lowest BCUT2D eigenvalue weighted by atomic mass is 10.3. The Morgan fingerprint density at radius 3 is 3.05 bits per heavy atom. The molecule has 0 aromatic carbocycles. The number of morpholine rings is 1. The van der Waals surface area contributed by atoms with Crippen molar-refractivity contribution in [2.45, 2.75) is 10.3 Å². The fourth-order valence-corrected chi connectivity index (χ4v) is 4.62. The molecule has 1 aliphatic rings. The molecule has 8 heteroatoms. The zero-order chi connectivity index (χ0) is 13.9. The second-order valence-electron chi connectivity index (χ2n) is 4.14. The van der Waals surface area contributed by atoms with Crippen molar-refractivity contribution >= 4 is 21.4 Å². The zero-order valence-corrected chi connectivity index (χ0v) is 12.1. The average Bonchev–Trinajstić information content (AvgIpc) is 2.89. The normalized spacial score (nSPS) is 21.2. The SMILES string of the molecule is CNCC1CN(S(=O)(=O)c2ccc(C#N)s2)CCO1. The Hall–Kier alpha value is -0.980. The summed E-state index contributed by atoms with van der Waals surface area (Å²) in [5.41, 5.74) is 0. The van der Waals surface area contributed by atoms with Gasteiger partial charge in [-0.3, -0.25) is 0 Å². The third kappa shape index (κ3) is 3.13. The van der Waals surface area contributed by atoms with Crippen LogP contribution in [-0.4, -0.2) is 52.1 Å². The number of nitrogens with zero attached hydrogens (tertiary/aromatic N) is 2. The molecule has 104 valence electrons. The van der Waals surface area contributed by atoms with Crippen LogP contribution in [0.3, 0.4) is 0 Å². The third-order valence-corrected chi connectivity index (χ3v) is 6.14. The van der Waals surface area contributed by atoms with Gasteiger partial charge >= 0.3 is 0 Å². The van der Waals surface area contributed by atoms with E-state index in [0.717, 1.165) is 11.3 Å². The fourth-order valence-electron chi connectivity index (χ4n) is 1.91. The van der Waals surface area contributed by atoms with Gasteiger partial charge in [-0.2, -0.15) is 9.57 Å². The number of ether oxygens (including phenoxy) is 1. The summed E-state index contributed by atoms with van der Waals surface area (Å²) in [6.07, 6.45) is -0.135. The predicted octanol–water partition coefficient (Wildman–Crippen LogP) is 0.229. The van der Waals surface area contributed by atoms with E-state index in [1.165, 1.54) is 16.4 Å². The molecule has 0 aliphatic carbocycles. The van der Waals surface area contributed by atoms with Crippen molar-refractivity contribution in [2.75, 3.05) is 33.3 Å². The Bertz CT molecular complexity index is 574. The molecular formula is C11H15N3O3S2. The molecule has 1 atom stereocenters. The van der Waals surface area contributed by atoms with E-state index < -0.39 is 10.0 Å². The van der Waals surface area contributed by atoms with Gasteiger partial charge in [0.1, 0.15) is 15.2 Å². The minimum Gasteiger partial charge on any atom is -0.374 e. The molecule has 1 aliphatic heterocycles. The highest BCUT2D eigenvalue weighted by Crippen LogP contribution is 2.25. The van der Waals surface area contributed by atoms with E-state index in [0.29, 0.717) is 31.1 Å². The van der Waals surface area contributed by atoms with Crippen molar-refractivity contribution in [3.63, 3.8) is 0 Å². The second-order valence-corrected chi connectivity index (χ2v) is 7.39. The number of likely N-dealkylation sites (N-methyl/N-ethyl adjacent to an activating group) is 1. The number of hydrogen-bond acceptors (Lipinski definition) is 6. The van der Waals surface area contributed by atoms with Crippen LogP contribution in [0.1, 0.15) is 4.88 Å². The summed E-state index contributed by atoms with van der Waals surface area (Å²) in [6.45, 7) is 1.69. The van der Waals surface area contributed by atoms with Gasteiger partial charge in [0.15, 0.2) is 0 Å². The molecule has 1 aromatic heterocycles. The number of rotatable bonds is 4. The minimum absolute atomic E-state index is 0.135. The summed E-state index contributed by atoms with van der Waals surface area (Å²) in [5, 5.41) is 11.7. The van der Waals surface area contributed by atoms with E-state index in [1.54, 1.807) is 7.05 Å². The van der Waals surface area contributed by atoms with Crippen LogP contribution in [0.25, 0.3) is 0 Å². The highest BCUT2D eigenvalue weighted by molar-refractivity contribution is 7.91. The Kier molecular flexibility index (Phi) is 4.54. The van der Waals surface area contributed by atoms with Gasteiger partial charge < -0.3 is 10.1 Å². The number of hydrogen-bond donors (Lipinski definition) is 1. The molecule has 0 spiro atoms. The fraction of sp³-hybridized carbons (Fsp3) is 0.545. The first-order valence-electron chi connectivity index (χ1n) is 5.84. The molecule has 1 fully saturated rings. The van der Waals surface area contributed by atoms with Crippen molar-refractivity contribution in [1.82, 2.24) is 9.62 Å². The number of nitriles is 1. The van der Waals surface area contributed by atoms with Crippen molar-refractivity contribution in [3.05, 3.63) is 17.0 Å². The van der Waals surface area contributed by atoms with Crippen LogP contribution >= 0.6 is 11.3 Å². The minimum atomic E-state index is -3.51. The number of nitrogens with one attached hydrogen (secondary N) is 1. The zero-order valence-electron chi connectivity index (χ0n) is 10.5. The van der Waals surface area contributed by atoms with E-state index >= 15 is 0 Å². The van der Waals surface area contributed by atoms with Crippen LogP contribution in [0, 0.1) is 11.3 Å². The number of thiophene rings is 1. The van der Waals surface area contributed by atoms with Crippen LogP contribution in [0.4, 0.5) is 0 Å². The first-order chi connectivity index (χ1) is 9.07. The Morgan fingerprint density at radius 2 is 2.42 bits per heavy atom. The largest absolute Gasteiger partial charge is 0.374 e. The molecular weight excluding hydrogens is 286 g/mol. The second kappa shape index (κ2) is 5.98. The van der Waals surface area contributed by atoms with Crippen molar-refractivity contribution in [3.8, 4) is 6.07 Å². The first kappa shape index (κ1) is 14.4. The van der Waals surface area contributed by atoms with Gasteiger partial charge in [-0.05, 0) is 19.2 Å². The standard InChI is InChI=1S/C11H15N3O3S2/c1-13-7-9-8-14(4-5-17-9)19(15,16)11-3-2-10(6-12)18-11/h2-3,9,13H,4-5,7-8H2,1H3. The summed E-state index contributed by atoms with van der Waals surface area (Å²) in [7, 11) is -1.71. The van der Waals surface area contributed by atoms with Gasteiger partial charge in [0.2, 0.25) is 0 Å². The van der Waals surface area contributed by atoms with Crippen LogP contribution in [-0.2, 0) is 14.8 Å². The van der Waals surface area contributed by atoms with Crippen molar-refractivity contribution in [1.29, 1.82) is 5.26 Å². The summed E-state index contributed by atoms with van der Waals surface area (Å²) < 4.78 is 32.0. The summed E-state index contributed by atoms with van der Waals surface area (Å²) in [5.74, 6) is 0. The van der Waals surface area contributed by atoms with Gasteiger partial charge in [-0.15, -0.1) is 11.3 Å². The summed E-state index contributed by atoms with van der Waals surface area (Å²) in [4.78, 5) is 0.401. The third-order valence-electron chi connectivity index (χ3n) is 2.82. The lowest BCUT2D eigenvalue weighted by Gasteiger charge is -2.31. The molecule has 0 saturated carbocycles. The van der Waals surface area contributed by atoms with E-state index in [9.17, 15) is 8.42 Å². The van der Waals surface area contributed by atoms with Crippen molar-refractivity contribution in [2.24, 2.45) is 0 Å². The molecule has 2 heterocycles. The van der Waals surface area contributed by atoms with Crippen molar-refractivity contribution < 1.29 is 13.2 Å². The topological polar surface area (TPSA) is 82.4 Å². The smallest absolute Gasteiger partial charge is 0.252 e. The molecule has 0 bridgehead atoms. The molecule has 1 unspecified atom stereocenters. The molecule has 19 heavy (non-hydrogen) atoms. The van der Waals surface area contributed by atoms with Gasteiger partial charge in [-0.1, -0.05) is 0 Å². The number of sulfonamides is 1. The van der Waals surface area contributed by atoms with Gasteiger partial charge in [0.25, 0.3) is 10.0 Å². The van der Waals surface area contributed by atoms with Crippen LogP contribution in [0.15, 0.2) is 16.3 Å². The Balaban J connectivity index is 2.17. The lowest BCUT2D eigenvalue weighted by molar-refractivity contribution is 0.000880. The molecule has 1 N–H and O–H groups in total. The Morgan fingerprint density at radius 1 is 1.63 bits per heavy atom. The van der Waals surface area contributed by atoms with Crippen LogP contribution < -0.4 is 5.32 Å². The first-order valence-corrected chi connectivity index (χ1v) is 8.10. The maximum absolute atomic E-state index is 12.4. The monoisotopic (exact) mass is 301 g/mol. The van der Waals surface area contributed by atoms with Gasteiger partial charge in [0.05, 0.1) is 12.7 Å². The average molecular weight is 301 g/mol. The highest BCUT2D eigenvalue weighted by Gasteiger charge is 2.31. The van der Waals surface area contributed by atoms with Crippen LogP contribution in [0.5, 0.6) is 0 Å². The van der Waals surface area contributed by atoms with Gasteiger partial charge in [-0.25, -0.2) is 8.42 Å². The van der Waals surface area contributed by atoms with E-state index in [2.05, 4.69) is 5.32 Å². The molecule has 6 nitrogen and oxygen atoms in total. The lowest BCUT2D eigenvalue weighted by Crippen LogP contribution is -2.48. The summed E-state index contributed by atoms with van der Waals surface area (Å²) >= 11 is 1.00. The molecule has 0 radical (unpaired) electrons. The molecule has 0 amide bonds. The van der Waals surface area contributed by atoms with E-state index in [-0.39, 0.29) is 10.3 Å². The maximum atomic E-state index is 12.4. The molecule has 2 rings (SSSR count). The van der Waals surface area contributed by atoms with Gasteiger partial charge in [0, 0.05) is 19.6 Å². The molecule has 1 aromatic rings. The molecule has 1 saturated heterocycles. The highest BCUT2D eigenvalue weighted by atomic mass is 32.2. The summed E-state index contributed by atoms with van der Waals surface area (Å²) in [6, 6.07) is 4.97. The van der Waals surface area contributed by atoms with Crippen LogP contribution in [0.2, 0.25) is 0 Å². The van der Waals surface area contributed by atoms with E-state index in [4.69, 9.17) is 10.00 Å². The predicted molar refractivity (Wildman–Crippen MR) is 71.5 cm³/mol.